The van der Waals surface area contributed by atoms with Crippen molar-refractivity contribution >= 4 is 11.8 Å². The molecule has 6 nitrogen and oxygen atoms in total. The SMILES string of the molecule is CN1C(=O)[C@H]2COC[C@@H]1CN(C(=O)c1ccc(OCc3ccccc3F)cc1)C2. The van der Waals surface area contributed by atoms with Crippen LogP contribution in [-0.2, 0) is 16.1 Å². The van der Waals surface area contributed by atoms with Crippen molar-refractivity contribution in [3.05, 3.63) is 65.5 Å². The van der Waals surface area contributed by atoms with E-state index in [9.17, 15) is 14.0 Å². The largest absolute Gasteiger partial charge is 0.489 e. The Kier molecular flexibility index (Phi) is 5.49. The predicted molar refractivity (Wildman–Crippen MR) is 104 cm³/mol. The summed E-state index contributed by atoms with van der Waals surface area (Å²) >= 11 is 0. The molecule has 4 rings (SSSR count). The number of carbonyl (C=O) groups is 2. The van der Waals surface area contributed by atoms with E-state index in [1.165, 1.54) is 6.07 Å². The van der Waals surface area contributed by atoms with Gasteiger partial charge in [-0.1, -0.05) is 18.2 Å². The summed E-state index contributed by atoms with van der Waals surface area (Å²) in [7, 11) is 1.77. The summed E-state index contributed by atoms with van der Waals surface area (Å²) in [5, 5.41) is 0. The molecule has 0 aromatic heterocycles. The van der Waals surface area contributed by atoms with Crippen molar-refractivity contribution in [2.75, 3.05) is 33.4 Å². The highest BCUT2D eigenvalue weighted by Crippen LogP contribution is 2.22. The zero-order chi connectivity index (χ0) is 20.4. The highest BCUT2D eigenvalue weighted by atomic mass is 19.1. The first-order valence-electron chi connectivity index (χ1n) is 9.63. The van der Waals surface area contributed by atoms with Gasteiger partial charge in [-0.2, -0.15) is 0 Å². The second-order valence-corrected chi connectivity index (χ2v) is 7.45. The molecule has 7 heteroatoms. The standard InChI is InChI=1S/C22H23FN2O4/c1-24-18-11-25(10-17(21(24)26)12-28-14-18)22(27)15-6-8-19(9-7-15)29-13-16-4-2-3-5-20(16)23/h2-9,17-18H,10-14H2,1H3/t17-,18+/m1/s1. The Bertz CT molecular complexity index is 902. The molecule has 0 saturated carbocycles. The van der Waals surface area contributed by atoms with Crippen molar-refractivity contribution in [3.63, 3.8) is 0 Å². The molecule has 0 unspecified atom stereocenters. The molecule has 2 aromatic carbocycles. The lowest BCUT2D eigenvalue weighted by Gasteiger charge is -2.29. The van der Waals surface area contributed by atoms with Gasteiger partial charge >= 0.3 is 0 Å². The van der Waals surface area contributed by atoms with Crippen LogP contribution in [0.4, 0.5) is 4.39 Å². The zero-order valence-electron chi connectivity index (χ0n) is 16.2. The second-order valence-electron chi connectivity index (χ2n) is 7.45. The van der Waals surface area contributed by atoms with Gasteiger partial charge < -0.3 is 19.3 Å². The van der Waals surface area contributed by atoms with E-state index in [0.717, 1.165) is 0 Å². The van der Waals surface area contributed by atoms with E-state index in [1.54, 1.807) is 59.3 Å². The van der Waals surface area contributed by atoms with Gasteiger partial charge in [0, 0.05) is 31.3 Å². The Balaban J connectivity index is 1.43. The number of rotatable bonds is 4. The molecule has 0 aliphatic carbocycles. The van der Waals surface area contributed by atoms with E-state index in [2.05, 4.69) is 0 Å². The number of ether oxygens (including phenoxy) is 2. The first-order valence-corrected chi connectivity index (χ1v) is 9.63. The number of nitrogens with zero attached hydrogens (tertiary/aromatic N) is 2. The van der Waals surface area contributed by atoms with E-state index in [-0.39, 0.29) is 36.2 Å². The third-order valence-corrected chi connectivity index (χ3v) is 5.49. The van der Waals surface area contributed by atoms with Crippen LogP contribution in [0.5, 0.6) is 5.75 Å². The summed E-state index contributed by atoms with van der Waals surface area (Å²) in [6.07, 6.45) is 0. The van der Waals surface area contributed by atoms with Crippen molar-refractivity contribution in [3.8, 4) is 5.75 Å². The van der Waals surface area contributed by atoms with E-state index in [0.29, 0.717) is 43.2 Å². The number of halogens is 1. The minimum absolute atomic E-state index is 0.0275. The van der Waals surface area contributed by atoms with Gasteiger partial charge in [0.15, 0.2) is 0 Å². The fraction of sp³-hybridized carbons (Fsp3) is 0.364. The van der Waals surface area contributed by atoms with Gasteiger partial charge in [0.25, 0.3) is 5.91 Å². The van der Waals surface area contributed by atoms with E-state index in [1.807, 2.05) is 0 Å². The Labute approximate surface area is 168 Å². The van der Waals surface area contributed by atoms with Crippen LogP contribution in [0.3, 0.4) is 0 Å². The smallest absolute Gasteiger partial charge is 0.253 e. The lowest BCUT2D eigenvalue weighted by Crippen LogP contribution is -2.45. The first-order chi connectivity index (χ1) is 14.0. The Morgan fingerprint density at radius 2 is 1.90 bits per heavy atom. The normalized spacial score (nSPS) is 21.7. The Morgan fingerprint density at radius 1 is 1.14 bits per heavy atom. The molecule has 2 aliphatic rings. The van der Waals surface area contributed by atoms with Crippen molar-refractivity contribution in [2.24, 2.45) is 5.92 Å². The zero-order valence-corrected chi connectivity index (χ0v) is 16.2. The maximum atomic E-state index is 13.7. The minimum atomic E-state index is -0.333. The number of hydrogen-bond donors (Lipinski definition) is 0. The summed E-state index contributed by atoms with van der Waals surface area (Å²) in [5.41, 5.74) is 0.999. The number of hydrogen-bond acceptors (Lipinski definition) is 4. The maximum absolute atomic E-state index is 13.7. The number of amides is 2. The molecule has 0 N–H and O–H groups in total. The van der Waals surface area contributed by atoms with Crippen LogP contribution in [0.1, 0.15) is 15.9 Å². The monoisotopic (exact) mass is 398 g/mol. The molecule has 2 bridgehead atoms. The van der Waals surface area contributed by atoms with Crippen LogP contribution in [0.2, 0.25) is 0 Å². The maximum Gasteiger partial charge on any atom is 0.253 e. The summed E-state index contributed by atoms with van der Waals surface area (Å²) in [5.74, 6) is -0.180. The third kappa shape index (κ3) is 4.10. The van der Waals surface area contributed by atoms with Gasteiger partial charge in [-0.15, -0.1) is 0 Å². The minimum Gasteiger partial charge on any atom is -0.489 e. The molecule has 2 heterocycles. The molecule has 0 radical (unpaired) electrons. The molecule has 2 amide bonds. The Hall–Kier alpha value is -2.93. The van der Waals surface area contributed by atoms with Crippen molar-refractivity contribution in [2.45, 2.75) is 12.6 Å². The molecule has 2 fully saturated rings. The average molecular weight is 398 g/mol. The van der Waals surface area contributed by atoms with E-state index >= 15 is 0 Å². The van der Waals surface area contributed by atoms with Crippen LogP contribution in [0, 0.1) is 11.7 Å². The molecule has 2 aliphatic heterocycles. The number of fused-ring (bicyclic) bond motifs is 3. The fourth-order valence-electron chi connectivity index (χ4n) is 3.72. The first kappa shape index (κ1) is 19.4. The summed E-state index contributed by atoms with van der Waals surface area (Å²) in [4.78, 5) is 28.9. The van der Waals surface area contributed by atoms with Gasteiger partial charge in [0.2, 0.25) is 5.91 Å². The highest BCUT2D eigenvalue weighted by molar-refractivity contribution is 5.95. The number of likely N-dealkylation sites (N-methyl/N-ethyl adjacent to an activating group) is 1. The summed E-state index contributed by atoms with van der Waals surface area (Å²) in [6.45, 7) is 1.69. The number of benzene rings is 2. The molecule has 0 spiro atoms. The van der Waals surface area contributed by atoms with Gasteiger partial charge in [-0.05, 0) is 30.3 Å². The Morgan fingerprint density at radius 3 is 2.66 bits per heavy atom. The van der Waals surface area contributed by atoms with Crippen LogP contribution in [0.25, 0.3) is 0 Å². The van der Waals surface area contributed by atoms with Crippen LogP contribution < -0.4 is 4.74 Å². The molecule has 2 atom stereocenters. The van der Waals surface area contributed by atoms with Crippen LogP contribution in [-0.4, -0.2) is 61.0 Å². The number of carbonyl (C=O) groups excluding carboxylic acids is 2. The molecular weight excluding hydrogens is 375 g/mol. The quantitative estimate of drug-likeness (QED) is 0.793. The van der Waals surface area contributed by atoms with Gasteiger partial charge in [0.05, 0.1) is 25.2 Å². The second kappa shape index (κ2) is 8.21. The van der Waals surface area contributed by atoms with Gasteiger partial charge in [0.1, 0.15) is 18.2 Å². The van der Waals surface area contributed by atoms with E-state index < -0.39 is 0 Å². The highest BCUT2D eigenvalue weighted by Gasteiger charge is 2.38. The van der Waals surface area contributed by atoms with Gasteiger partial charge in [-0.25, -0.2) is 4.39 Å². The average Bonchev–Trinajstić information content (AvgIpc) is 2.92. The van der Waals surface area contributed by atoms with Crippen LogP contribution in [0.15, 0.2) is 48.5 Å². The summed E-state index contributed by atoms with van der Waals surface area (Å²) < 4.78 is 24.9. The summed E-state index contributed by atoms with van der Waals surface area (Å²) in [6, 6.07) is 13.1. The van der Waals surface area contributed by atoms with Crippen molar-refractivity contribution in [1.82, 2.24) is 9.80 Å². The molecule has 29 heavy (non-hydrogen) atoms. The lowest BCUT2D eigenvalue weighted by atomic mass is 10.1. The van der Waals surface area contributed by atoms with Gasteiger partial charge in [-0.3, -0.25) is 9.59 Å². The lowest BCUT2D eigenvalue weighted by molar-refractivity contribution is -0.133. The third-order valence-electron chi connectivity index (χ3n) is 5.49. The van der Waals surface area contributed by atoms with Crippen molar-refractivity contribution in [1.29, 1.82) is 0 Å². The topological polar surface area (TPSA) is 59.1 Å². The van der Waals surface area contributed by atoms with Crippen molar-refractivity contribution < 1.29 is 23.5 Å². The molecule has 2 aromatic rings. The fourth-order valence-corrected chi connectivity index (χ4v) is 3.72. The van der Waals surface area contributed by atoms with Crippen LogP contribution >= 0.6 is 0 Å². The van der Waals surface area contributed by atoms with E-state index in [4.69, 9.17) is 9.47 Å². The predicted octanol–water partition coefficient (Wildman–Crippen LogP) is 2.33. The molecule has 2 saturated heterocycles. The molecule has 152 valence electrons. The molecular formula is C22H23FN2O4.